The third kappa shape index (κ3) is 31.4. The molecule has 0 fully saturated rings. The van der Waals surface area contributed by atoms with Gasteiger partial charge in [-0.25, -0.2) is 9.78 Å². The quantitative estimate of drug-likeness (QED) is 0.0313. The topological polar surface area (TPSA) is 138 Å². The second kappa shape index (κ2) is 31.6. The lowest BCUT2D eigenvalue weighted by molar-refractivity contribution is -0.274. The monoisotopic (exact) mass is 678 g/mol. The molecule has 0 aromatic rings. The highest BCUT2D eigenvalue weighted by atomic mass is 32.2. The first-order valence-corrected chi connectivity index (χ1v) is 19.9. The minimum absolute atomic E-state index is 0.0610. The van der Waals surface area contributed by atoms with Crippen molar-refractivity contribution >= 4 is 112 Å². The second-order valence-electron chi connectivity index (χ2n) is 5.94. The van der Waals surface area contributed by atoms with E-state index in [4.69, 9.17) is 34.2 Å². The van der Waals surface area contributed by atoms with Gasteiger partial charge in [0.2, 0.25) is 0 Å². The molecule has 218 valence electrons. The second-order valence-corrected chi connectivity index (χ2v) is 15.1. The van der Waals surface area contributed by atoms with Crippen LogP contribution in [-0.4, -0.2) is 121 Å². The van der Waals surface area contributed by atoms with E-state index in [1.165, 1.54) is 82.3 Å². The van der Waals surface area contributed by atoms with Crippen molar-refractivity contribution in [2.24, 2.45) is 0 Å². The molecule has 0 atom stereocenters. The zero-order chi connectivity index (χ0) is 27.2. The highest BCUT2D eigenvalue weighted by Crippen LogP contribution is 2.16. The highest BCUT2D eigenvalue weighted by molar-refractivity contribution is 8.17. The number of aliphatic hydroxyl groups excluding tert-OH is 2. The third-order valence-corrected chi connectivity index (χ3v) is 10.9. The van der Waals surface area contributed by atoms with Crippen LogP contribution in [-0.2, 0) is 38.4 Å². The number of aliphatic hydroxyl groups is 2. The fourth-order valence-corrected chi connectivity index (χ4v) is 7.23. The molecule has 18 heteroatoms. The highest BCUT2D eigenvalue weighted by Gasteiger charge is 2.06. The molecule has 0 aliphatic heterocycles. The molecule has 0 aromatic carbocycles. The molecule has 10 nitrogen and oxygen atoms in total. The first-order valence-electron chi connectivity index (χ1n) is 10.6. The van der Waals surface area contributed by atoms with Crippen molar-refractivity contribution in [2.45, 2.75) is 0 Å². The summed E-state index contributed by atoms with van der Waals surface area (Å²) in [6.45, 7) is 0.575. The molecule has 0 saturated carbocycles. The third-order valence-electron chi connectivity index (χ3n) is 3.07. The van der Waals surface area contributed by atoms with Crippen molar-refractivity contribution in [3.05, 3.63) is 0 Å². The largest absolute Gasteiger partial charge is 0.454 e. The van der Waals surface area contributed by atoms with Crippen molar-refractivity contribution < 1.29 is 48.6 Å². The molecule has 0 saturated heterocycles. The number of carbonyl (C=O) groups is 3. The predicted molar refractivity (Wildman–Crippen MR) is 163 cm³/mol. The van der Waals surface area contributed by atoms with Crippen LogP contribution in [0.2, 0.25) is 0 Å². The van der Waals surface area contributed by atoms with Gasteiger partial charge in [0.05, 0.1) is 37.1 Å². The number of thioether (sulfide) groups is 8. The molecule has 0 amide bonds. The van der Waals surface area contributed by atoms with Crippen LogP contribution in [0.1, 0.15) is 0 Å². The van der Waals surface area contributed by atoms with Gasteiger partial charge in [0.15, 0.2) is 0 Å². The fraction of sp³-hybridized carbons (Fsp3) is 0.842. The van der Waals surface area contributed by atoms with Crippen LogP contribution in [0.25, 0.3) is 0 Å². The summed E-state index contributed by atoms with van der Waals surface area (Å²) in [6.07, 6.45) is 0. The smallest absolute Gasteiger partial charge is 0.316 e. The number of rotatable bonds is 28. The molecule has 0 rings (SSSR count). The molecule has 0 aromatic heterocycles. The summed E-state index contributed by atoms with van der Waals surface area (Å²) in [7, 11) is 0. The van der Waals surface area contributed by atoms with Crippen LogP contribution in [0, 0.1) is 0 Å². The van der Waals surface area contributed by atoms with Gasteiger partial charge in [-0.15, -0.1) is 94.1 Å². The summed E-state index contributed by atoms with van der Waals surface area (Å²) in [5, 5.41) is 19.3. The molecule has 2 N–H and O–H groups in total. The number of carbonyl (C=O) groups excluding carboxylic acids is 3. The molecule has 37 heavy (non-hydrogen) atoms. The van der Waals surface area contributed by atoms with Crippen LogP contribution >= 0.6 is 94.1 Å². The normalized spacial score (nSPS) is 10.9. The SMILES string of the molecule is O=C(CSCSCCOOCSCSCC(=O)OCSCSCC(=O)OCSCCO)OCSCCO. The maximum Gasteiger partial charge on any atom is 0.316 e. The van der Waals surface area contributed by atoms with E-state index >= 15 is 0 Å². The van der Waals surface area contributed by atoms with Gasteiger partial charge < -0.3 is 24.4 Å². The lowest BCUT2D eigenvalue weighted by atomic mass is 10.8. The molecule has 0 bridgehead atoms. The van der Waals surface area contributed by atoms with Gasteiger partial charge in [-0.3, -0.25) is 14.4 Å². The van der Waals surface area contributed by atoms with E-state index in [0.29, 0.717) is 40.0 Å². The van der Waals surface area contributed by atoms with Crippen molar-refractivity contribution in [1.29, 1.82) is 0 Å². The molecule has 0 aliphatic carbocycles. The molecule has 0 unspecified atom stereocenters. The maximum absolute atomic E-state index is 11.7. The van der Waals surface area contributed by atoms with Gasteiger partial charge in [0.1, 0.15) is 23.8 Å². The Balaban J connectivity index is 3.27. The molecule has 0 aliphatic rings. The Morgan fingerprint density at radius 1 is 0.486 bits per heavy atom. The summed E-state index contributed by atoms with van der Waals surface area (Å²) in [4.78, 5) is 44.7. The van der Waals surface area contributed by atoms with Gasteiger partial charge in [-0.1, -0.05) is 0 Å². The van der Waals surface area contributed by atoms with Crippen molar-refractivity contribution in [1.82, 2.24) is 0 Å². The minimum Gasteiger partial charge on any atom is -0.454 e. The summed E-state index contributed by atoms with van der Waals surface area (Å²) >= 11 is 11.6. The van der Waals surface area contributed by atoms with Crippen molar-refractivity contribution in [3.8, 4) is 0 Å². The zero-order valence-corrected chi connectivity index (χ0v) is 26.8. The van der Waals surface area contributed by atoms with Crippen LogP contribution in [0.15, 0.2) is 0 Å². The number of esters is 3. The van der Waals surface area contributed by atoms with Gasteiger partial charge in [0.25, 0.3) is 0 Å². The Labute approximate surface area is 252 Å². The van der Waals surface area contributed by atoms with E-state index in [9.17, 15) is 14.4 Å². The first kappa shape index (κ1) is 38.0. The van der Waals surface area contributed by atoms with Crippen molar-refractivity contribution in [3.63, 3.8) is 0 Å². The van der Waals surface area contributed by atoms with Gasteiger partial charge in [-0.2, -0.15) is 0 Å². The Bertz CT molecular complexity index is 565. The summed E-state index contributed by atoms with van der Waals surface area (Å²) in [5.74, 6) is 2.90. The van der Waals surface area contributed by atoms with Crippen molar-refractivity contribution in [2.75, 3.05) is 93.3 Å². The molecule has 0 radical (unpaired) electrons. The van der Waals surface area contributed by atoms with Crippen LogP contribution in [0.5, 0.6) is 0 Å². The number of ether oxygens (including phenoxy) is 3. The van der Waals surface area contributed by atoms with Gasteiger partial charge in [-0.05, 0) is 0 Å². The number of hydrogen-bond donors (Lipinski definition) is 2. The van der Waals surface area contributed by atoms with E-state index in [2.05, 4.69) is 0 Å². The van der Waals surface area contributed by atoms with Gasteiger partial charge >= 0.3 is 17.9 Å². The summed E-state index contributed by atoms with van der Waals surface area (Å²) in [6, 6.07) is 0. The molecule has 0 spiro atoms. The Morgan fingerprint density at radius 3 is 1.41 bits per heavy atom. The summed E-state index contributed by atoms with van der Waals surface area (Å²) in [5.41, 5.74) is 0. The Kier molecular flexibility index (Phi) is 32.5. The van der Waals surface area contributed by atoms with E-state index < -0.39 is 0 Å². The van der Waals surface area contributed by atoms with Gasteiger partial charge in [0, 0.05) is 32.5 Å². The van der Waals surface area contributed by atoms with E-state index in [1.54, 1.807) is 11.8 Å². The average molecular weight is 679 g/mol. The van der Waals surface area contributed by atoms with Crippen LogP contribution < -0.4 is 0 Å². The summed E-state index contributed by atoms with van der Waals surface area (Å²) < 4.78 is 15.1. The fourth-order valence-electron chi connectivity index (χ4n) is 1.59. The first-order chi connectivity index (χ1) is 18.1. The Hall–Kier alpha value is 1.05. The van der Waals surface area contributed by atoms with E-state index in [1.807, 2.05) is 0 Å². The Morgan fingerprint density at radius 2 is 0.919 bits per heavy atom. The zero-order valence-electron chi connectivity index (χ0n) is 20.2. The lowest BCUT2D eigenvalue weighted by Gasteiger charge is -2.06. The molecular weight excluding hydrogens is 645 g/mol. The van der Waals surface area contributed by atoms with E-state index in [0.717, 1.165) is 10.8 Å². The average Bonchev–Trinajstić information content (AvgIpc) is 2.89. The lowest BCUT2D eigenvalue weighted by Crippen LogP contribution is -2.09. The van der Waals surface area contributed by atoms with Crippen LogP contribution in [0.4, 0.5) is 0 Å². The van der Waals surface area contributed by atoms with E-state index in [-0.39, 0.29) is 60.4 Å². The molecular formula is C19H34O10S8. The van der Waals surface area contributed by atoms with Crippen LogP contribution in [0.3, 0.4) is 0 Å². The number of hydrogen-bond acceptors (Lipinski definition) is 18. The predicted octanol–water partition coefficient (Wildman–Crippen LogP) is 3.12. The minimum atomic E-state index is -0.299. The molecule has 0 heterocycles. The maximum atomic E-state index is 11.7. The standard InChI is InChI=1S/C19H34O10S8/c20-1-4-30-10-25-17(22)7-33-14-32-6-3-28-29-13-37-16-35-9-19(24)27-12-36-15-34-8-18(23)26-11-31-5-2-21/h20-21H,1-16H2.